The predicted octanol–water partition coefficient (Wildman–Crippen LogP) is 2.88. The molecule has 2 aromatic heterocycles. The van der Waals surface area contributed by atoms with Crippen LogP contribution in [0.25, 0.3) is 16.2 Å². The smallest absolute Gasteiger partial charge is 0.305 e. The average molecular weight is 343 g/mol. The zero-order chi connectivity index (χ0) is 17.3. The molecule has 6 nitrogen and oxygen atoms in total. The van der Waals surface area contributed by atoms with Crippen LogP contribution in [0.1, 0.15) is 27.3 Å². The Kier molecular flexibility index (Phi) is 4.35. The molecule has 0 aliphatic carbocycles. The van der Waals surface area contributed by atoms with Crippen molar-refractivity contribution in [3.63, 3.8) is 0 Å². The summed E-state index contributed by atoms with van der Waals surface area (Å²) in [4.78, 5) is 28.6. The van der Waals surface area contributed by atoms with E-state index in [4.69, 9.17) is 5.11 Å². The van der Waals surface area contributed by atoms with Gasteiger partial charge in [-0.05, 0) is 13.8 Å². The van der Waals surface area contributed by atoms with Crippen LogP contribution in [0.5, 0.6) is 0 Å². The van der Waals surface area contributed by atoms with Gasteiger partial charge in [0.2, 0.25) is 0 Å². The Bertz CT molecular complexity index is 909. The number of carboxylic acids is 1. The fraction of sp³-hybridized carbons (Fsp3) is 0.235. The molecule has 1 aromatic carbocycles. The molecule has 0 unspecified atom stereocenters. The first-order chi connectivity index (χ1) is 11.5. The van der Waals surface area contributed by atoms with Crippen LogP contribution >= 0.6 is 11.3 Å². The molecular weight excluding hydrogens is 326 g/mol. The fourth-order valence-electron chi connectivity index (χ4n) is 2.39. The molecule has 2 heterocycles. The Morgan fingerprint density at radius 3 is 2.58 bits per heavy atom. The molecule has 0 saturated carbocycles. The number of rotatable bonds is 5. The second-order valence-electron chi connectivity index (χ2n) is 5.56. The van der Waals surface area contributed by atoms with Gasteiger partial charge in [0.05, 0.1) is 12.1 Å². The molecule has 0 aliphatic heterocycles. The van der Waals surface area contributed by atoms with Gasteiger partial charge in [-0.2, -0.15) is 0 Å². The largest absolute Gasteiger partial charge is 0.481 e. The third kappa shape index (κ3) is 3.16. The van der Waals surface area contributed by atoms with Gasteiger partial charge in [-0.25, -0.2) is 4.98 Å². The number of hydrogen-bond donors (Lipinski definition) is 2. The summed E-state index contributed by atoms with van der Waals surface area (Å²) < 4.78 is 1.89. The summed E-state index contributed by atoms with van der Waals surface area (Å²) >= 11 is 1.30. The van der Waals surface area contributed by atoms with Gasteiger partial charge >= 0.3 is 5.97 Å². The Labute approximate surface area is 142 Å². The highest BCUT2D eigenvalue weighted by Crippen LogP contribution is 2.27. The minimum Gasteiger partial charge on any atom is -0.481 e. The first kappa shape index (κ1) is 16.2. The summed E-state index contributed by atoms with van der Waals surface area (Å²) in [6, 6.07) is 8.13. The molecule has 0 bridgehead atoms. The van der Waals surface area contributed by atoms with Gasteiger partial charge in [0.15, 0.2) is 4.96 Å². The predicted molar refractivity (Wildman–Crippen MR) is 92.6 cm³/mol. The highest BCUT2D eigenvalue weighted by atomic mass is 32.1. The van der Waals surface area contributed by atoms with Gasteiger partial charge in [0, 0.05) is 24.0 Å². The molecule has 1 amide bonds. The maximum Gasteiger partial charge on any atom is 0.305 e. The second kappa shape index (κ2) is 6.45. The number of amides is 1. The zero-order valence-corrected chi connectivity index (χ0v) is 14.2. The maximum atomic E-state index is 12.2. The topological polar surface area (TPSA) is 83.7 Å². The molecule has 3 rings (SSSR count). The van der Waals surface area contributed by atoms with Crippen molar-refractivity contribution in [1.82, 2.24) is 14.7 Å². The molecule has 0 aliphatic rings. The quantitative estimate of drug-likeness (QED) is 0.746. The Balaban J connectivity index is 1.84. The molecule has 0 saturated heterocycles. The molecule has 0 atom stereocenters. The van der Waals surface area contributed by atoms with E-state index in [1.54, 1.807) is 0 Å². The van der Waals surface area contributed by atoms with Crippen molar-refractivity contribution in [2.24, 2.45) is 0 Å². The summed E-state index contributed by atoms with van der Waals surface area (Å²) in [5, 5.41) is 11.2. The molecule has 0 spiro atoms. The van der Waals surface area contributed by atoms with E-state index in [0.29, 0.717) is 4.88 Å². The lowest BCUT2D eigenvalue weighted by Gasteiger charge is -2.02. The minimum absolute atomic E-state index is 0.0924. The number of fused-ring (bicyclic) bond motifs is 1. The highest BCUT2D eigenvalue weighted by Gasteiger charge is 2.18. The van der Waals surface area contributed by atoms with E-state index in [0.717, 1.165) is 21.9 Å². The second-order valence-corrected chi connectivity index (χ2v) is 6.54. The lowest BCUT2D eigenvalue weighted by Crippen LogP contribution is -2.25. The number of hydrogen-bond acceptors (Lipinski definition) is 4. The first-order valence-corrected chi connectivity index (χ1v) is 8.33. The van der Waals surface area contributed by atoms with Gasteiger partial charge in [0.1, 0.15) is 4.88 Å². The van der Waals surface area contributed by atoms with E-state index in [1.807, 2.05) is 48.7 Å². The van der Waals surface area contributed by atoms with E-state index in [-0.39, 0.29) is 18.9 Å². The summed E-state index contributed by atoms with van der Waals surface area (Å²) in [6.07, 6.45) is 1.82. The van der Waals surface area contributed by atoms with Crippen molar-refractivity contribution >= 4 is 28.2 Å². The number of nitrogens with one attached hydrogen (secondary N) is 1. The number of carboxylic acid groups (broad SMARTS) is 1. The fourth-order valence-corrected chi connectivity index (χ4v) is 3.41. The normalized spacial score (nSPS) is 10.9. The van der Waals surface area contributed by atoms with Crippen LogP contribution in [0.15, 0.2) is 30.5 Å². The monoisotopic (exact) mass is 343 g/mol. The molecule has 0 fully saturated rings. The Hall–Kier alpha value is -2.67. The van der Waals surface area contributed by atoms with Crippen molar-refractivity contribution in [1.29, 1.82) is 0 Å². The molecule has 2 N–H and O–H groups in total. The summed E-state index contributed by atoms with van der Waals surface area (Å²) in [5.41, 5.74) is 3.88. The van der Waals surface area contributed by atoms with Crippen molar-refractivity contribution < 1.29 is 14.7 Å². The third-order valence-corrected chi connectivity index (χ3v) is 4.89. The number of aromatic nitrogens is 2. The van der Waals surface area contributed by atoms with Crippen molar-refractivity contribution in [2.75, 3.05) is 6.54 Å². The van der Waals surface area contributed by atoms with Gasteiger partial charge in [-0.3, -0.25) is 14.0 Å². The number of aryl methyl sites for hydroxylation is 2. The van der Waals surface area contributed by atoms with Crippen molar-refractivity contribution in [2.45, 2.75) is 20.3 Å². The summed E-state index contributed by atoms with van der Waals surface area (Å²) in [7, 11) is 0. The van der Waals surface area contributed by atoms with Crippen LogP contribution in [0, 0.1) is 13.8 Å². The molecule has 3 aromatic rings. The SMILES string of the molecule is Cc1ccc(-c2cn3c(C)c(C(=O)NCCC(=O)O)sc3n2)cc1. The molecule has 7 heteroatoms. The maximum absolute atomic E-state index is 12.2. The van der Waals surface area contributed by atoms with Crippen LogP contribution in [-0.4, -0.2) is 32.9 Å². The van der Waals surface area contributed by atoms with Gasteiger partial charge in [0.25, 0.3) is 5.91 Å². The Morgan fingerprint density at radius 2 is 1.96 bits per heavy atom. The minimum atomic E-state index is -0.934. The number of carbonyl (C=O) groups excluding carboxylic acids is 1. The Morgan fingerprint density at radius 1 is 1.25 bits per heavy atom. The van der Waals surface area contributed by atoms with Crippen LogP contribution in [0.3, 0.4) is 0 Å². The van der Waals surface area contributed by atoms with Crippen molar-refractivity contribution in [3.8, 4) is 11.3 Å². The van der Waals surface area contributed by atoms with Crippen LogP contribution in [0.4, 0.5) is 0 Å². The van der Waals surface area contributed by atoms with E-state index in [1.165, 1.54) is 16.9 Å². The standard InChI is InChI=1S/C17H17N3O3S/c1-10-3-5-12(6-4-10)13-9-20-11(2)15(24-17(20)19-13)16(23)18-8-7-14(21)22/h3-6,9H,7-8H2,1-2H3,(H,18,23)(H,21,22). The van der Waals surface area contributed by atoms with Crippen LogP contribution < -0.4 is 5.32 Å². The molecule has 124 valence electrons. The summed E-state index contributed by atoms with van der Waals surface area (Å²) in [6.45, 7) is 4.01. The van der Waals surface area contributed by atoms with Gasteiger partial charge in [-0.1, -0.05) is 41.2 Å². The highest BCUT2D eigenvalue weighted by molar-refractivity contribution is 7.19. The average Bonchev–Trinajstić information content (AvgIpc) is 3.07. The summed E-state index contributed by atoms with van der Waals surface area (Å²) in [5.74, 6) is -1.20. The van der Waals surface area contributed by atoms with E-state index >= 15 is 0 Å². The number of aliphatic carboxylic acids is 1. The molecular formula is C17H17N3O3S. The van der Waals surface area contributed by atoms with Gasteiger partial charge in [-0.15, -0.1) is 0 Å². The zero-order valence-electron chi connectivity index (χ0n) is 13.4. The first-order valence-electron chi connectivity index (χ1n) is 7.51. The number of carbonyl (C=O) groups is 2. The third-order valence-electron chi connectivity index (χ3n) is 3.73. The molecule has 24 heavy (non-hydrogen) atoms. The van der Waals surface area contributed by atoms with Gasteiger partial charge < -0.3 is 10.4 Å². The number of imidazole rings is 1. The van der Waals surface area contributed by atoms with E-state index < -0.39 is 5.97 Å². The van der Waals surface area contributed by atoms with Crippen LogP contribution in [0.2, 0.25) is 0 Å². The number of thiazole rings is 1. The van der Waals surface area contributed by atoms with Crippen molar-refractivity contribution in [3.05, 3.63) is 46.6 Å². The van der Waals surface area contributed by atoms with E-state index in [9.17, 15) is 9.59 Å². The van der Waals surface area contributed by atoms with E-state index in [2.05, 4.69) is 10.3 Å². The lowest BCUT2D eigenvalue weighted by molar-refractivity contribution is -0.136. The number of nitrogens with zero attached hydrogens (tertiary/aromatic N) is 2. The van der Waals surface area contributed by atoms with Crippen LogP contribution in [-0.2, 0) is 4.79 Å². The number of benzene rings is 1. The lowest BCUT2D eigenvalue weighted by atomic mass is 10.1. The molecule has 0 radical (unpaired) electrons.